The summed E-state index contributed by atoms with van der Waals surface area (Å²) in [5.41, 5.74) is 2.94. The zero-order chi connectivity index (χ0) is 24.1. The number of aromatic nitrogens is 3. The van der Waals surface area contributed by atoms with Gasteiger partial charge in [-0.05, 0) is 37.8 Å². The fraction of sp³-hybridized carbons (Fsp3) is 0.625. The molecule has 1 atom stereocenters. The summed E-state index contributed by atoms with van der Waals surface area (Å²) in [4.78, 5) is 11.4. The van der Waals surface area contributed by atoms with Crippen LogP contribution in [-0.4, -0.2) is 65.9 Å². The van der Waals surface area contributed by atoms with Crippen LogP contribution in [0.25, 0.3) is 5.57 Å². The van der Waals surface area contributed by atoms with Gasteiger partial charge < -0.3 is 14.2 Å². The molecule has 0 amide bonds. The van der Waals surface area contributed by atoms with Crippen molar-refractivity contribution in [1.82, 2.24) is 19.4 Å². The smallest absolute Gasteiger partial charge is 0.324 e. The first-order chi connectivity index (χ1) is 16.1. The first-order valence-electron chi connectivity index (χ1n) is 12.0. The Morgan fingerprint density at radius 3 is 2.59 bits per heavy atom. The van der Waals surface area contributed by atoms with Gasteiger partial charge in [0.25, 0.3) is 0 Å². The molecule has 3 aliphatic heterocycles. The Bertz CT molecular complexity index is 1200. The molecule has 1 unspecified atom stereocenters. The number of hydrogen-bond acceptors (Lipinski definition) is 8. The normalized spacial score (nSPS) is 24.3. The second kappa shape index (κ2) is 8.64. The molecule has 34 heavy (non-hydrogen) atoms. The van der Waals surface area contributed by atoms with Crippen molar-refractivity contribution in [1.29, 1.82) is 0 Å². The van der Waals surface area contributed by atoms with E-state index in [0.717, 1.165) is 55.2 Å². The summed E-state index contributed by atoms with van der Waals surface area (Å²) < 4.78 is 37.0. The molecule has 0 aliphatic carbocycles. The first-order valence-corrected chi connectivity index (χ1v) is 13.9. The summed E-state index contributed by atoms with van der Waals surface area (Å²) in [6, 6.07) is 2.75. The maximum atomic E-state index is 11.8. The van der Waals surface area contributed by atoms with E-state index in [1.807, 2.05) is 12.3 Å². The van der Waals surface area contributed by atoms with E-state index in [0.29, 0.717) is 31.4 Å². The Hall–Kier alpha value is -2.46. The van der Waals surface area contributed by atoms with Crippen molar-refractivity contribution >= 4 is 21.6 Å². The van der Waals surface area contributed by atoms with Gasteiger partial charge in [-0.1, -0.05) is 25.1 Å². The Kier molecular flexibility index (Phi) is 5.92. The largest absolute Gasteiger partial charge is 0.485 e. The molecular weight excluding hydrogens is 454 g/mol. The predicted octanol–water partition coefficient (Wildman–Crippen LogP) is 3.25. The summed E-state index contributed by atoms with van der Waals surface area (Å²) >= 11 is 0. The van der Waals surface area contributed by atoms with E-state index in [2.05, 4.69) is 46.9 Å². The zero-order valence-corrected chi connectivity index (χ0v) is 21.1. The van der Waals surface area contributed by atoms with Gasteiger partial charge in [-0.15, -0.1) is 0 Å². The highest BCUT2D eigenvalue weighted by molar-refractivity contribution is 7.88. The number of ether oxygens (including phenoxy) is 1. The lowest BCUT2D eigenvalue weighted by molar-refractivity contribution is 0.0343. The number of anilines is 1. The van der Waals surface area contributed by atoms with Crippen molar-refractivity contribution in [3.05, 3.63) is 35.4 Å². The molecule has 0 radical (unpaired) electrons. The molecule has 0 N–H and O–H groups in total. The number of piperidine rings is 1. The number of hydrogen-bond donors (Lipinski definition) is 0. The third kappa shape index (κ3) is 4.45. The minimum Gasteiger partial charge on any atom is -0.485 e. The van der Waals surface area contributed by atoms with Crippen molar-refractivity contribution in [2.75, 3.05) is 37.3 Å². The van der Waals surface area contributed by atoms with Crippen LogP contribution in [-0.2, 0) is 16.4 Å². The van der Waals surface area contributed by atoms with Crippen LogP contribution >= 0.6 is 0 Å². The molecule has 1 saturated heterocycles. The van der Waals surface area contributed by atoms with Crippen LogP contribution in [0.3, 0.4) is 0 Å². The molecule has 1 fully saturated rings. The topological polar surface area (TPSA) is 102 Å². The van der Waals surface area contributed by atoms with Crippen LogP contribution in [0.15, 0.2) is 22.9 Å². The molecular formula is C24H33N5O4S. The van der Waals surface area contributed by atoms with E-state index in [9.17, 15) is 8.42 Å². The summed E-state index contributed by atoms with van der Waals surface area (Å²) in [6.07, 6.45) is 8.58. The number of sulfonamides is 1. The van der Waals surface area contributed by atoms with Gasteiger partial charge in [0.2, 0.25) is 10.0 Å². The van der Waals surface area contributed by atoms with E-state index >= 15 is 0 Å². The second-order valence-electron chi connectivity index (χ2n) is 10.2. The van der Waals surface area contributed by atoms with E-state index in [4.69, 9.17) is 9.26 Å². The molecule has 5 rings (SSSR count). The standard InChI is InChI=1S/C24H33N5O4S/c1-16(2)22-26-23(33-27-22)28-9-7-19(8-10-28)24(3)14-18-13-20(25-15-21(18)32-24)17-5-11-29(12-6-17)34(4,30)31/h5,13,15-16,19H,6-12,14H2,1-4H3. The maximum absolute atomic E-state index is 11.8. The van der Waals surface area contributed by atoms with Gasteiger partial charge in [0.1, 0.15) is 11.4 Å². The Morgan fingerprint density at radius 1 is 1.21 bits per heavy atom. The third-order valence-electron chi connectivity index (χ3n) is 7.38. The van der Waals surface area contributed by atoms with E-state index in [1.165, 1.54) is 16.1 Å². The molecule has 10 heteroatoms. The van der Waals surface area contributed by atoms with Gasteiger partial charge >= 0.3 is 6.01 Å². The molecule has 5 heterocycles. The fourth-order valence-corrected chi connectivity index (χ4v) is 6.01. The SMILES string of the molecule is CC(C)c1noc(N2CCC(C3(C)Cc4cc(C5=CCN(S(C)(=O)=O)CC5)ncc4O3)CC2)n1. The molecule has 9 nitrogen and oxygen atoms in total. The summed E-state index contributed by atoms with van der Waals surface area (Å²) in [5.74, 6) is 2.28. The van der Waals surface area contributed by atoms with Crippen molar-refractivity contribution in [2.45, 2.75) is 58.0 Å². The number of rotatable bonds is 5. The highest BCUT2D eigenvalue weighted by atomic mass is 32.2. The third-order valence-corrected chi connectivity index (χ3v) is 8.65. The summed E-state index contributed by atoms with van der Waals surface area (Å²) in [5, 5.41) is 4.09. The van der Waals surface area contributed by atoms with E-state index < -0.39 is 10.0 Å². The minimum absolute atomic E-state index is 0.251. The van der Waals surface area contributed by atoms with Gasteiger partial charge in [0.05, 0.1) is 18.1 Å². The quantitative estimate of drug-likeness (QED) is 0.633. The molecule has 0 aromatic carbocycles. The lowest BCUT2D eigenvalue weighted by Crippen LogP contribution is -2.46. The highest BCUT2D eigenvalue weighted by Gasteiger charge is 2.44. The minimum atomic E-state index is -3.16. The van der Waals surface area contributed by atoms with Crippen molar-refractivity contribution in [3.8, 4) is 5.75 Å². The average Bonchev–Trinajstić information content (AvgIpc) is 3.43. The van der Waals surface area contributed by atoms with Crippen LogP contribution in [0, 0.1) is 5.92 Å². The van der Waals surface area contributed by atoms with Gasteiger partial charge in [-0.25, -0.2) is 8.42 Å². The van der Waals surface area contributed by atoms with Gasteiger partial charge in [0.15, 0.2) is 5.82 Å². The number of pyridine rings is 1. The second-order valence-corrected chi connectivity index (χ2v) is 12.2. The maximum Gasteiger partial charge on any atom is 0.324 e. The molecule has 3 aliphatic rings. The lowest BCUT2D eigenvalue weighted by atomic mass is 9.79. The van der Waals surface area contributed by atoms with Crippen molar-refractivity contribution in [3.63, 3.8) is 0 Å². The summed E-state index contributed by atoms with van der Waals surface area (Å²) in [6.45, 7) is 8.96. The highest BCUT2D eigenvalue weighted by Crippen LogP contribution is 2.43. The van der Waals surface area contributed by atoms with Gasteiger partial charge in [-0.2, -0.15) is 9.29 Å². The van der Waals surface area contributed by atoms with Gasteiger partial charge in [0, 0.05) is 50.0 Å². The van der Waals surface area contributed by atoms with Gasteiger partial charge in [-0.3, -0.25) is 4.98 Å². The van der Waals surface area contributed by atoms with Crippen LogP contribution in [0.4, 0.5) is 6.01 Å². The molecule has 0 spiro atoms. The first kappa shape index (κ1) is 23.3. The van der Waals surface area contributed by atoms with Crippen LogP contribution in [0.1, 0.15) is 63.0 Å². The molecule has 0 bridgehead atoms. The number of nitrogens with zero attached hydrogens (tertiary/aromatic N) is 5. The average molecular weight is 488 g/mol. The Morgan fingerprint density at radius 2 is 1.97 bits per heavy atom. The van der Waals surface area contributed by atoms with Crippen molar-refractivity contribution in [2.24, 2.45) is 5.92 Å². The van der Waals surface area contributed by atoms with Crippen molar-refractivity contribution < 1.29 is 17.7 Å². The van der Waals surface area contributed by atoms with E-state index in [-0.39, 0.29) is 11.5 Å². The summed E-state index contributed by atoms with van der Waals surface area (Å²) in [7, 11) is -3.16. The molecule has 0 saturated carbocycles. The molecule has 2 aromatic rings. The monoisotopic (exact) mass is 487 g/mol. The molecule has 2 aromatic heterocycles. The van der Waals surface area contributed by atoms with Crippen LogP contribution < -0.4 is 9.64 Å². The van der Waals surface area contributed by atoms with Crippen LogP contribution in [0.2, 0.25) is 0 Å². The fourth-order valence-electron chi connectivity index (χ4n) is 5.24. The lowest BCUT2D eigenvalue weighted by Gasteiger charge is -2.39. The predicted molar refractivity (Wildman–Crippen MR) is 129 cm³/mol. The molecule has 184 valence electrons. The Balaban J connectivity index is 1.24. The van der Waals surface area contributed by atoms with Crippen LogP contribution in [0.5, 0.6) is 5.75 Å². The zero-order valence-electron chi connectivity index (χ0n) is 20.3. The number of fused-ring (bicyclic) bond motifs is 1. The Labute approximate surface area is 201 Å². The van der Waals surface area contributed by atoms with E-state index in [1.54, 1.807) is 0 Å².